The van der Waals surface area contributed by atoms with Crippen LogP contribution in [0, 0.1) is 12.7 Å². The van der Waals surface area contributed by atoms with Crippen molar-refractivity contribution in [3.8, 4) is 0 Å². The van der Waals surface area contributed by atoms with E-state index in [4.69, 9.17) is 5.84 Å². The smallest absolute Gasteiger partial charge is 0.137 e. The second kappa shape index (κ2) is 6.23. The fourth-order valence-corrected chi connectivity index (χ4v) is 2.29. The van der Waals surface area contributed by atoms with Gasteiger partial charge in [0, 0.05) is 11.9 Å². The minimum absolute atomic E-state index is 0.0505. The Balaban J connectivity index is 2.18. The number of benzene rings is 1. The Morgan fingerprint density at radius 3 is 2.74 bits per heavy atom. The van der Waals surface area contributed by atoms with Gasteiger partial charge in [0.25, 0.3) is 0 Å². The van der Waals surface area contributed by atoms with Crippen LogP contribution in [0.1, 0.15) is 22.9 Å². The summed E-state index contributed by atoms with van der Waals surface area (Å²) in [7, 11) is 0. The molecule has 0 fully saturated rings. The van der Waals surface area contributed by atoms with Gasteiger partial charge in [0.15, 0.2) is 0 Å². The predicted molar refractivity (Wildman–Crippen MR) is 76.8 cm³/mol. The number of nitrogens with one attached hydrogen (secondary N) is 1. The first-order chi connectivity index (χ1) is 9.10. The molecule has 0 saturated carbocycles. The minimum Gasteiger partial charge on any atom is -0.271 e. The Morgan fingerprint density at radius 1 is 1.37 bits per heavy atom. The summed E-state index contributed by atoms with van der Waals surface area (Å²) < 4.78 is 13.6. The van der Waals surface area contributed by atoms with Gasteiger partial charge >= 0.3 is 0 Å². The molecular formula is C14H15BrFN3. The van der Waals surface area contributed by atoms with Crippen LogP contribution in [0.2, 0.25) is 0 Å². The van der Waals surface area contributed by atoms with Gasteiger partial charge in [-0.3, -0.25) is 16.3 Å². The van der Waals surface area contributed by atoms with Crippen LogP contribution in [0.25, 0.3) is 0 Å². The van der Waals surface area contributed by atoms with Gasteiger partial charge in [-0.05, 0) is 58.6 Å². The molecule has 0 spiro atoms. The van der Waals surface area contributed by atoms with E-state index in [-0.39, 0.29) is 11.9 Å². The molecule has 5 heteroatoms. The van der Waals surface area contributed by atoms with Gasteiger partial charge in [-0.1, -0.05) is 12.1 Å². The van der Waals surface area contributed by atoms with Crippen LogP contribution in [0.15, 0.2) is 41.0 Å². The summed E-state index contributed by atoms with van der Waals surface area (Å²) in [5.41, 5.74) is 5.74. The lowest BCUT2D eigenvalue weighted by Gasteiger charge is -2.16. The minimum atomic E-state index is -0.266. The van der Waals surface area contributed by atoms with Crippen molar-refractivity contribution in [3.63, 3.8) is 0 Å². The van der Waals surface area contributed by atoms with Crippen molar-refractivity contribution in [2.45, 2.75) is 19.4 Å². The third kappa shape index (κ3) is 3.59. The number of aryl methyl sites for hydroxylation is 1. The number of hydrazine groups is 1. The molecule has 1 heterocycles. The van der Waals surface area contributed by atoms with E-state index in [0.717, 1.165) is 16.8 Å². The van der Waals surface area contributed by atoms with Crippen LogP contribution < -0.4 is 11.3 Å². The SMILES string of the molecule is Cc1ccc(C(Cc2ccc(F)c(Br)c2)NN)cn1. The average molecular weight is 324 g/mol. The molecule has 0 bridgehead atoms. The highest BCUT2D eigenvalue weighted by Crippen LogP contribution is 2.22. The maximum atomic E-state index is 13.2. The molecule has 2 aromatic rings. The number of nitrogens with zero attached hydrogens (tertiary/aromatic N) is 1. The molecule has 0 aliphatic rings. The number of halogens is 2. The molecule has 0 radical (unpaired) electrons. The normalized spacial score (nSPS) is 12.4. The van der Waals surface area contributed by atoms with Crippen molar-refractivity contribution in [2.75, 3.05) is 0 Å². The summed E-state index contributed by atoms with van der Waals surface area (Å²) >= 11 is 3.18. The molecule has 1 aromatic carbocycles. The molecule has 2 rings (SSSR count). The maximum Gasteiger partial charge on any atom is 0.137 e. The van der Waals surface area contributed by atoms with Gasteiger partial charge in [0.2, 0.25) is 0 Å². The van der Waals surface area contributed by atoms with Crippen molar-refractivity contribution >= 4 is 15.9 Å². The molecule has 3 N–H and O–H groups in total. The lowest BCUT2D eigenvalue weighted by atomic mass is 10.0. The molecule has 0 aliphatic carbocycles. The maximum absolute atomic E-state index is 13.2. The predicted octanol–water partition coefficient (Wildman–Crippen LogP) is 3.04. The highest BCUT2D eigenvalue weighted by molar-refractivity contribution is 9.10. The Bertz CT molecular complexity index is 557. The van der Waals surface area contributed by atoms with E-state index in [9.17, 15) is 4.39 Å². The van der Waals surface area contributed by atoms with E-state index in [1.54, 1.807) is 18.3 Å². The summed E-state index contributed by atoms with van der Waals surface area (Å²) in [6.07, 6.45) is 2.47. The van der Waals surface area contributed by atoms with Crippen LogP contribution in [0.4, 0.5) is 4.39 Å². The number of rotatable bonds is 4. The van der Waals surface area contributed by atoms with E-state index in [0.29, 0.717) is 10.9 Å². The van der Waals surface area contributed by atoms with Crippen molar-refractivity contribution in [2.24, 2.45) is 5.84 Å². The second-order valence-electron chi connectivity index (χ2n) is 4.40. The standard InChI is InChI=1S/C14H15BrFN3/c1-9-2-4-11(8-18-9)14(19-17)7-10-3-5-13(16)12(15)6-10/h2-6,8,14,19H,7,17H2,1H3. The zero-order chi connectivity index (χ0) is 13.8. The van der Waals surface area contributed by atoms with Gasteiger partial charge in [-0.15, -0.1) is 0 Å². The van der Waals surface area contributed by atoms with Crippen molar-refractivity contribution in [3.05, 3.63) is 63.6 Å². The number of hydrogen-bond acceptors (Lipinski definition) is 3. The number of pyridine rings is 1. The van der Waals surface area contributed by atoms with Crippen LogP contribution in [0.3, 0.4) is 0 Å². The highest BCUT2D eigenvalue weighted by Gasteiger charge is 2.12. The van der Waals surface area contributed by atoms with Crippen molar-refractivity contribution < 1.29 is 4.39 Å². The topological polar surface area (TPSA) is 50.9 Å². The van der Waals surface area contributed by atoms with E-state index < -0.39 is 0 Å². The van der Waals surface area contributed by atoms with Gasteiger partial charge < -0.3 is 0 Å². The number of hydrogen-bond donors (Lipinski definition) is 2. The molecule has 1 aromatic heterocycles. The van der Waals surface area contributed by atoms with Gasteiger partial charge in [0.1, 0.15) is 5.82 Å². The summed E-state index contributed by atoms with van der Waals surface area (Å²) in [4.78, 5) is 4.26. The molecular weight excluding hydrogens is 309 g/mol. The molecule has 1 atom stereocenters. The first kappa shape index (κ1) is 14.1. The van der Waals surface area contributed by atoms with Crippen LogP contribution in [-0.2, 0) is 6.42 Å². The molecule has 0 saturated heterocycles. The monoisotopic (exact) mass is 323 g/mol. The Hall–Kier alpha value is -1.30. The van der Waals surface area contributed by atoms with E-state index in [1.165, 1.54) is 6.07 Å². The Labute approximate surface area is 120 Å². The molecule has 0 amide bonds. The van der Waals surface area contributed by atoms with Crippen molar-refractivity contribution in [1.29, 1.82) is 0 Å². The highest BCUT2D eigenvalue weighted by atomic mass is 79.9. The van der Waals surface area contributed by atoms with Crippen molar-refractivity contribution in [1.82, 2.24) is 10.4 Å². The fourth-order valence-electron chi connectivity index (χ4n) is 1.86. The van der Waals surface area contributed by atoms with Crippen LogP contribution >= 0.6 is 15.9 Å². The molecule has 0 aliphatic heterocycles. The molecule has 3 nitrogen and oxygen atoms in total. The summed E-state index contributed by atoms with van der Waals surface area (Å²) in [6, 6.07) is 8.85. The lowest BCUT2D eigenvalue weighted by molar-refractivity contribution is 0.548. The van der Waals surface area contributed by atoms with E-state index >= 15 is 0 Å². The van der Waals surface area contributed by atoms with Crippen LogP contribution in [0.5, 0.6) is 0 Å². The Morgan fingerprint density at radius 2 is 2.16 bits per heavy atom. The van der Waals surface area contributed by atoms with Gasteiger partial charge in [-0.25, -0.2) is 4.39 Å². The summed E-state index contributed by atoms with van der Waals surface area (Å²) in [6.45, 7) is 1.94. The molecule has 19 heavy (non-hydrogen) atoms. The zero-order valence-electron chi connectivity index (χ0n) is 10.5. The zero-order valence-corrected chi connectivity index (χ0v) is 12.1. The van der Waals surface area contributed by atoms with E-state index in [2.05, 4.69) is 26.3 Å². The summed E-state index contributed by atoms with van der Waals surface area (Å²) in [5, 5.41) is 0. The second-order valence-corrected chi connectivity index (χ2v) is 5.26. The average Bonchev–Trinajstić information content (AvgIpc) is 2.41. The first-order valence-electron chi connectivity index (χ1n) is 5.92. The third-order valence-electron chi connectivity index (χ3n) is 2.96. The van der Waals surface area contributed by atoms with Gasteiger partial charge in [0.05, 0.1) is 10.5 Å². The third-order valence-corrected chi connectivity index (χ3v) is 3.57. The largest absolute Gasteiger partial charge is 0.271 e. The molecule has 1 unspecified atom stereocenters. The molecule has 100 valence electrons. The quantitative estimate of drug-likeness (QED) is 0.671. The van der Waals surface area contributed by atoms with Crippen LogP contribution in [-0.4, -0.2) is 4.98 Å². The first-order valence-corrected chi connectivity index (χ1v) is 6.72. The Kier molecular flexibility index (Phi) is 4.63. The number of nitrogens with two attached hydrogens (primary N) is 1. The summed E-state index contributed by atoms with van der Waals surface area (Å²) in [5.74, 6) is 5.33. The lowest BCUT2D eigenvalue weighted by Crippen LogP contribution is -2.29. The van der Waals surface area contributed by atoms with E-state index in [1.807, 2.05) is 19.1 Å². The number of aromatic nitrogens is 1. The fraction of sp³-hybridized carbons (Fsp3) is 0.214. The van der Waals surface area contributed by atoms with Gasteiger partial charge in [-0.2, -0.15) is 0 Å².